The van der Waals surface area contributed by atoms with E-state index in [1.165, 1.54) is 12.5 Å². The first-order valence-electron chi connectivity index (χ1n) is 5.78. The molecule has 0 aliphatic heterocycles. The molecule has 2 aromatic rings. The highest BCUT2D eigenvalue weighted by Gasteiger charge is 2.03. The maximum Gasteiger partial charge on any atom is 0.222 e. The van der Waals surface area contributed by atoms with Crippen LogP contribution in [-0.2, 0) is 4.79 Å². The zero-order chi connectivity index (χ0) is 13.0. The second-order valence-corrected chi connectivity index (χ2v) is 4.17. The number of aryl methyl sites for hydroxylation is 1. The van der Waals surface area contributed by atoms with Gasteiger partial charge >= 0.3 is 0 Å². The Labute approximate surface area is 106 Å². The summed E-state index contributed by atoms with van der Waals surface area (Å²) in [7, 11) is 0. The van der Waals surface area contributed by atoms with Gasteiger partial charge in [0, 0.05) is 18.0 Å². The molecule has 0 bridgehead atoms. The lowest BCUT2D eigenvalue weighted by Crippen LogP contribution is -2.11. The van der Waals surface area contributed by atoms with Gasteiger partial charge in [-0.25, -0.2) is 9.97 Å². The molecule has 4 heteroatoms. The van der Waals surface area contributed by atoms with Gasteiger partial charge in [0.25, 0.3) is 0 Å². The fraction of sp³-hybridized carbons (Fsp3) is 0.214. The zero-order valence-electron chi connectivity index (χ0n) is 10.5. The van der Waals surface area contributed by atoms with Gasteiger partial charge in [-0.1, -0.05) is 24.3 Å². The molecule has 0 fully saturated rings. The smallest absolute Gasteiger partial charge is 0.222 e. The van der Waals surface area contributed by atoms with Gasteiger partial charge in [0.2, 0.25) is 5.95 Å². The first-order chi connectivity index (χ1) is 8.66. The molecule has 1 aromatic heterocycles. The van der Waals surface area contributed by atoms with Crippen LogP contribution < -0.4 is 5.32 Å². The van der Waals surface area contributed by atoms with Crippen molar-refractivity contribution >= 4 is 11.7 Å². The molecule has 18 heavy (non-hydrogen) atoms. The number of rotatable bonds is 4. The first kappa shape index (κ1) is 12.2. The van der Waals surface area contributed by atoms with Crippen LogP contribution in [0.5, 0.6) is 0 Å². The molecule has 0 saturated carbocycles. The predicted octanol–water partition coefficient (Wildman–Crippen LogP) is 2.45. The number of Topliss-reactive ketones (excluding diaryl/α,β-unsaturated/α-hetero) is 1. The van der Waals surface area contributed by atoms with Crippen molar-refractivity contribution in [1.82, 2.24) is 9.97 Å². The monoisotopic (exact) mass is 241 g/mol. The fourth-order valence-electron chi connectivity index (χ4n) is 1.66. The van der Waals surface area contributed by atoms with Crippen molar-refractivity contribution in [2.24, 2.45) is 0 Å². The number of anilines is 1. The van der Waals surface area contributed by atoms with E-state index in [4.69, 9.17) is 0 Å². The third kappa shape index (κ3) is 2.91. The van der Waals surface area contributed by atoms with E-state index >= 15 is 0 Å². The largest absolute Gasteiger partial charge is 0.347 e. The minimum absolute atomic E-state index is 0.0570. The minimum atomic E-state index is 0.0570. The Balaban J connectivity index is 2.17. The average molecular weight is 241 g/mol. The zero-order valence-corrected chi connectivity index (χ0v) is 10.5. The molecule has 1 N–H and O–H groups in total. The van der Waals surface area contributed by atoms with Crippen LogP contribution >= 0.6 is 0 Å². The van der Waals surface area contributed by atoms with Crippen molar-refractivity contribution in [3.63, 3.8) is 0 Å². The predicted molar refractivity (Wildman–Crippen MR) is 71.4 cm³/mol. The molecule has 92 valence electrons. The number of hydrogen-bond donors (Lipinski definition) is 1. The topological polar surface area (TPSA) is 54.9 Å². The number of nitrogens with one attached hydrogen (secondary N) is 1. The molecule has 0 unspecified atom stereocenters. The van der Waals surface area contributed by atoms with E-state index in [2.05, 4.69) is 28.3 Å². The van der Waals surface area contributed by atoms with Crippen molar-refractivity contribution in [2.45, 2.75) is 13.8 Å². The van der Waals surface area contributed by atoms with Crippen LogP contribution in [0.4, 0.5) is 5.95 Å². The minimum Gasteiger partial charge on any atom is -0.347 e. The SMILES string of the molecule is CC(=O)CNc1ncc(-c2ccccc2C)cn1. The first-order valence-corrected chi connectivity index (χ1v) is 5.78. The van der Waals surface area contributed by atoms with E-state index in [-0.39, 0.29) is 12.3 Å². The lowest BCUT2D eigenvalue weighted by molar-refractivity contribution is -0.115. The molecule has 0 amide bonds. The van der Waals surface area contributed by atoms with Crippen LogP contribution in [0.25, 0.3) is 11.1 Å². The summed E-state index contributed by atoms with van der Waals surface area (Å²) in [5, 5.41) is 2.87. The summed E-state index contributed by atoms with van der Waals surface area (Å²) in [6, 6.07) is 8.08. The quantitative estimate of drug-likeness (QED) is 0.893. The van der Waals surface area contributed by atoms with Crippen LogP contribution in [0.15, 0.2) is 36.7 Å². The average Bonchev–Trinajstić information content (AvgIpc) is 2.38. The molecular formula is C14H15N3O. The molecule has 0 saturated heterocycles. The molecule has 0 aliphatic carbocycles. The maximum atomic E-state index is 10.8. The van der Waals surface area contributed by atoms with Gasteiger partial charge in [-0.05, 0) is 25.0 Å². The van der Waals surface area contributed by atoms with E-state index in [1.54, 1.807) is 12.4 Å². The number of benzene rings is 1. The van der Waals surface area contributed by atoms with Gasteiger partial charge in [0.1, 0.15) is 5.78 Å². The lowest BCUT2D eigenvalue weighted by atomic mass is 10.0. The van der Waals surface area contributed by atoms with Gasteiger partial charge in [-0.15, -0.1) is 0 Å². The third-order valence-electron chi connectivity index (χ3n) is 2.60. The summed E-state index contributed by atoms with van der Waals surface area (Å²) in [5.74, 6) is 0.532. The van der Waals surface area contributed by atoms with Gasteiger partial charge in [-0.2, -0.15) is 0 Å². The van der Waals surface area contributed by atoms with Crippen molar-refractivity contribution in [1.29, 1.82) is 0 Å². The molecule has 2 rings (SSSR count). The second kappa shape index (κ2) is 5.40. The van der Waals surface area contributed by atoms with Crippen LogP contribution in [-0.4, -0.2) is 22.3 Å². The molecule has 0 atom stereocenters. The summed E-state index contributed by atoms with van der Waals surface area (Å²) in [6.07, 6.45) is 3.52. The Morgan fingerprint density at radius 2 is 1.89 bits per heavy atom. The lowest BCUT2D eigenvalue weighted by Gasteiger charge is -2.06. The fourth-order valence-corrected chi connectivity index (χ4v) is 1.66. The Morgan fingerprint density at radius 3 is 2.50 bits per heavy atom. The highest BCUT2D eigenvalue weighted by Crippen LogP contribution is 2.21. The molecule has 0 radical (unpaired) electrons. The standard InChI is InChI=1S/C14H15N3O/c1-10-5-3-4-6-13(10)12-8-16-14(17-9-12)15-7-11(2)18/h3-6,8-9H,7H2,1-2H3,(H,15,16,17). The van der Waals surface area contributed by atoms with Gasteiger partial charge in [0.05, 0.1) is 6.54 Å². The highest BCUT2D eigenvalue weighted by molar-refractivity contribution is 5.79. The summed E-state index contributed by atoms with van der Waals surface area (Å²) >= 11 is 0. The summed E-state index contributed by atoms with van der Waals surface area (Å²) < 4.78 is 0. The van der Waals surface area contributed by atoms with E-state index in [0.717, 1.165) is 11.1 Å². The Morgan fingerprint density at radius 1 is 1.22 bits per heavy atom. The maximum absolute atomic E-state index is 10.8. The van der Waals surface area contributed by atoms with Crippen molar-refractivity contribution in [3.05, 3.63) is 42.2 Å². The summed E-state index contributed by atoms with van der Waals surface area (Å²) in [5.41, 5.74) is 3.28. The van der Waals surface area contributed by atoms with Crippen LogP contribution in [0.1, 0.15) is 12.5 Å². The number of carbonyl (C=O) groups is 1. The van der Waals surface area contributed by atoms with E-state index in [1.807, 2.05) is 18.2 Å². The number of carbonyl (C=O) groups excluding carboxylic acids is 1. The van der Waals surface area contributed by atoms with Crippen molar-refractivity contribution in [3.8, 4) is 11.1 Å². The van der Waals surface area contributed by atoms with Crippen molar-refractivity contribution < 1.29 is 4.79 Å². The molecule has 1 heterocycles. The Bertz CT molecular complexity index is 549. The van der Waals surface area contributed by atoms with Crippen LogP contribution in [0, 0.1) is 6.92 Å². The van der Waals surface area contributed by atoms with E-state index < -0.39 is 0 Å². The van der Waals surface area contributed by atoms with Crippen LogP contribution in [0.2, 0.25) is 0 Å². The van der Waals surface area contributed by atoms with Crippen LogP contribution in [0.3, 0.4) is 0 Å². The van der Waals surface area contributed by atoms with E-state index in [9.17, 15) is 4.79 Å². The number of nitrogens with zero attached hydrogens (tertiary/aromatic N) is 2. The molecule has 4 nitrogen and oxygen atoms in total. The Hall–Kier alpha value is -2.23. The molecule has 1 aromatic carbocycles. The van der Waals surface area contributed by atoms with Gasteiger partial charge in [0.15, 0.2) is 0 Å². The van der Waals surface area contributed by atoms with E-state index in [0.29, 0.717) is 5.95 Å². The second-order valence-electron chi connectivity index (χ2n) is 4.17. The molecule has 0 aliphatic rings. The number of aromatic nitrogens is 2. The number of hydrogen-bond acceptors (Lipinski definition) is 4. The summed E-state index contributed by atoms with van der Waals surface area (Å²) in [6.45, 7) is 3.83. The number of ketones is 1. The van der Waals surface area contributed by atoms with Gasteiger partial charge < -0.3 is 5.32 Å². The van der Waals surface area contributed by atoms with Gasteiger partial charge in [-0.3, -0.25) is 4.79 Å². The molecule has 0 spiro atoms. The summed E-state index contributed by atoms with van der Waals surface area (Å²) in [4.78, 5) is 19.2. The normalized spacial score (nSPS) is 10.1. The van der Waals surface area contributed by atoms with Crippen molar-refractivity contribution in [2.75, 3.05) is 11.9 Å². The Kier molecular flexibility index (Phi) is 3.67. The third-order valence-corrected chi connectivity index (χ3v) is 2.60. The molecular weight excluding hydrogens is 226 g/mol. The highest BCUT2D eigenvalue weighted by atomic mass is 16.1.